The van der Waals surface area contributed by atoms with Crippen molar-refractivity contribution in [1.29, 1.82) is 0 Å². The van der Waals surface area contributed by atoms with Gasteiger partial charge in [-0.1, -0.05) is 6.92 Å². The predicted molar refractivity (Wildman–Crippen MR) is 96.6 cm³/mol. The lowest BCUT2D eigenvalue weighted by Gasteiger charge is -2.31. The minimum atomic E-state index is -0.339. The number of aryl methyl sites for hydroxylation is 1. The van der Waals surface area contributed by atoms with Gasteiger partial charge in [0.15, 0.2) is 0 Å². The van der Waals surface area contributed by atoms with E-state index in [2.05, 4.69) is 6.92 Å². The second kappa shape index (κ2) is 7.26. The van der Waals surface area contributed by atoms with Crippen LogP contribution in [0.5, 0.6) is 0 Å². The fourth-order valence-electron chi connectivity index (χ4n) is 3.53. The minimum absolute atomic E-state index is 0.102. The normalized spacial score (nSPS) is 23.8. The third-order valence-electron chi connectivity index (χ3n) is 5.27. The molecule has 3 rings (SSSR count). The van der Waals surface area contributed by atoms with Crippen LogP contribution in [0.1, 0.15) is 60.0 Å². The lowest BCUT2D eigenvalue weighted by Crippen LogP contribution is -2.39. The van der Waals surface area contributed by atoms with E-state index in [-0.39, 0.29) is 17.8 Å². The fraction of sp³-hybridized carbons (Fsp3) is 0.684. The van der Waals surface area contributed by atoms with Crippen LogP contribution in [0.3, 0.4) is 0 Å². The molecule has 2 aliphatic rings. The fourth-order valence-corrected chi connectivity index (χ4v) is 4.47. The average molecular weight is 349 g/mol. The number of methoxy groups -OCH3 is 1. The zero-order valence-corrected chi connectivity index (χ0v) is 15.7. The molecule has 2 saturated carbocycles. The number of esters is 1. The van der Waals surface area contributed by atoms with Crippen molar-refractivity contribution < 1.29 is 14.3 Å². The molecule has 2 aliphatic carbocycles. The van der Waals surface area contributed by atoms with Gasteiger partial charge >= 0.3 is 5.97 Å². The Balaban J connectivity index is 1.86. The zero-order chi connectivity index (χ0) is 17.3. The molecule has 1 heterocycles. The Labute approximate surface area is 148 Å². The summed E-state index contributed by atoms with van der Waals surface area (Å²) in [6, 6.07) is 1.97. The highest BCUT2D eigenvalue weighted by Gasteiger charge is 2.35. The van der Waals surface area contributed by atoms with Gasteiger partial charge in [-0.05, 0) is 63.4 Å². The summed E-state index contributed by atoms with van der Waals surface area (Å²) in [5, 5.41) is 0. The molecular formula is C19H27NO3S. The molecule has 1 amide bonds. The van der Waals surface area contributed by atoms with Gasteiger partial charge < -0.3 is 9.64 Å². The quantitative estimate of drug-likeness (QED) is 0.740. The summed E-state index contributed by atoms with van der Waals surface area (Å²) >= 11 is 1.42. The van der Waals surface area contributed by atoms with Crippen molar-refractivity contribution in [2.24, 2.45) is 17.8 Å². The Morgan fingerprint density at radius 3 is 2.46 bits per heavy atom. The third kappa shape index (κ3) is 3.82. The Bertz CT molecular complexity index is 612. The van der Waals surface area contributed by atoms with E-state index in [9.17, 15) is 9.59 Å². The topological polar surface area (TPSA) is 46.6 Å². The van der Waals surface area contributed by atoms with Crippen LogP contribution in [0.15, 0.2) is 6.07 Å². The molecule has 0 bridgehead atoms. The molecular weight excluding hydrogens is 322 g/mol. The molecule has 0 unspecified atom stereocenters. The molecule has 1 aromatic heterocycles. The summed E-state index contributed by atoms with van der Waals surface area (Å²) in [6.07, 6.45) is 6.56. The van der Waals surface area contributed by atoms with Crippen LogP contribution in [-0.4, -0.2) is 25.5 Å². The Morgan fingerprint density at radius 2 is 1.88 bits per heavy atom. The molecule has 0 N–H and O–H groups in total. The van der Waals surface area contributed by atoms with Crippen molar-refractivity contribution >= 4 is 28.9 Å². The van der Waals surface area contributed by atoms with Gasteiger partial charge in [0.1, 0.15) is 4.88 Å². The smallest absolute Gasteiger partial charge is 0.350 e. The van der Waals surface area contributed by atoms with Gasteiger partial charge in [0.2, 0.25) is 5.91 Å². The Hall–Kier alpha value is -1.36. The Morgan fingerprint density at radius 1 is 1.21 bits per heavy atom. The van der Waals surface area contributed by atoms with E-state index in [0.29, 0.717) is 10.8 Å². The highest BCUT2D eigenvalue weighted by Crippen LogP contribution is 2.38. The number of thiophene rings is 1. The molecule has 0 aliphatic heterocycles. The first-order valence-electron chi connectivity index (χ1n) is 8.99. The summed E-state index contributed by atoms with van der Waals surface area (Å²) < 4.78 is 4.93. The molecule has 132 valence electrons. The number of amides is 1. The van der Waals surface area contributed by atoms with Crippen molar-refractivity contribution in [2.75, 3.05) is 18.6 Å². The zero-order valence-electron chi connectivity index (χ0n) is 14.8. The summed E-state index contributed by atoms with van der Waals surface area (Å²) in [5.74, 6) is 1.28. The average Bonchev–Trinajstić information content (AvgIpc) is 3.32. The molecule has 2 fully saturated rings. The molecule has 0 atom stereocenters. The molecule has 0 saturated heterocycles. The number of carbonyl (C=O) groups excluding carboxylic acids is 2. The van der Waals surface area contributed by atoms with Crippen LogP contribution in [0, 0.1) is 24.7 Å². The number of anilines is 1. The third-order valence-corrected chi connectivity index (χ3v) is 6.29. The van der Waals surface area contributed by atoms with Gasteiger partial charge in [-0.2, -0.15) is 0 Å². The van der Waals surface area contributed by atoms with Gasteiger partial charge in [-0.25, -0.2) is 4.79 Å². The number of carbonyl (C=O) groups is 2. The number of hydrogen-bond donors (Lipinski definition) is 0. The van der Waals surface area contributed by atoms with Gasteiger partial charge in [-0.15, -0.1) is 11.3 Å². The number of nitrogens with zero attached hydrogens (tertiary/aromatic N) is 1. The van der Waals surface area contributed by atoms with Gasteiger partial charge in [0, 0.05) is 17.3 Å². The van der Waals surface area contributed by atoms with E-state index in [1.54, 1.807) is 0 Å². The second-order valence-electron chi connectivity index (χ2n) is 7.41. The molecule has 5 heteroatoms. The van der Waals surface area contributed by atoms with E-state index in [0.717, 1.165) is 48.7 Å². The molecule has 0 radical (unpaired) electrons. The largest absolute Gasteiger partial charge is 0.465 e. The standard InChI is InChI=1S/C19H27NO3S/c1-12-4-8-15(9-5-12)18(21)20(11-14-6-7-14)16-10-13(2)24-17(16)19(22)23-3/h10,12,14-15H,4-9,11H2,1-3H3. The molecule has 24 heavy (non-hydrogen) atoms. The monoisotopic (exact) mass is 349 g/mol. The van der Waals surface area contributed by atoms with Crippen LogP contribution in [0.4, 0.5) is 5.69 Å². The molecule has 0 spiro atoms. The SMILES string of the molecule is COC(=O)c1sc(C)cc1N(CC1CC1)C(=O)C1CCC(C)CC1. The molecule has 0 aromatic carbocycles. The summed E-state index contributed by atoms with van der Waals surface area (Å²) in [4.78, 5) is 28.9. The van der Waals surface area contributed by atoms with E-state index in [1.807, 2.05) is 17.9 Å². The summed E-state index contributed by atoms with van der Waals surface area (Å²) in [6.45, 7) is 4.98. The van der Waals surface area contributed by atoms with Crippen LogP contribution < -0.4 is 4.90 Å². The van der Waals surface area contributed by atoms with E-state index in [1.165, 1.54) is 31.3 Å². The number of hydrogen-bond acceptors (Lipinski definition) is 4. The van der Waals surface area contributed by atoms with Crippen molar-refractivity contribution in [3.05, 3.63) is 15.8 Å². The minimum Gasteiger partial charge on any atom is -0.465 e. The maximum atomic E-state index is 13.2. The van der Waals surface area contributed by atoms with E-state index in [4.69, 9.17) is 4.74 Å². The predicted octanol–water partition coefficient (Wildman–Crippen LogP) is 4.41. The van der Waals surface area contributed by atoms with Crippen molar-refractivity contribution in [1.82, 2.24) is 0 Å². The molecule has 4 nitrogen and oxygen atoms in total. The number of rotatable bonds is 5. The molecule has 1 aromatic rings. The van der Waals surface area contributed by atoms with Gasteiger partial charge in [-0.3, -0.25) is 4.79 Å². The van der Waals surface area contributed by atoms with Crippen LogP contribution in [-0.2, 0) is 9.53 Å². The first-order valence-corrected chi connectivity index (χ1v) is 9.81. The van der Waals surface area contributed by atoms with Crippen LogP contribution in [0.25, 0.3) is 0 Å². The Kier molecular flexibility index (Phi) is 5.28. The summed E-state index contributed by atoms with van der Waals surface area (Å²) in [5.41, 5.74) is 0.764. The van der Waals surface area contributed by atoms with Crippen molar-refractivity contribution in [3.8, 4) is 0 Å². The maximum absolute atomic E-state index is 13.2. The lowest BCUT2D eigenvalue weighted by atomic mass is 9.82. The highest BCUT2D eigenvalue weighted by atomic mass is 32.1. The summed E-state index contributed by atoms with van der Waals surface area (Å²) in [7, 11) is 1.40. The van der Waals surface area contributed by atoms with Gasteiger partial charge in [0.25, 0.3) is 0 Å². The maximum Gasteiger partial charge on any atom is 0.350 e. The van der Waals surface area contributed by atoms with Crippen molar-refractivity contribution in [2.45, 2.75) is 52.4 Å². The van der Waals surface area contributed by atoms with Crippen molar-refractivity contribution in [3.63, 3.8) is 0 Å². The first kappa shape index (κ1) is 17.5. The lowest BCUT2D eigenvalue weighted by molar-refractivity contribution is -0.123. The van der Waals surface area contributed by atoms with Gasteiger partial charge in [0.05, 0.1) is 12.8 Å². The number of ether oxygens (including phenoxy) is 1. The van der Waals surface area contributed by atoms with Crippen LogP contribution >= 0.6 is 11.3 Å². The first-order chi connectivity index (χ1) is 11.5. The van der Waals surface area contributed by atoms with E-state index < -0.39 is 0 Å². The second-order valence-corrected chi connectivity index (χ2v) is 8.67. The van der Waals surface area contributed by atoms with E-state index >= 15 is 0 Å². The van der Waals surface area contributed by atoms with Crippen LogP contribution in [0.2, 0.25) is 0 Å². The highest BCUT2D eigenvalue weighted by molar-refractivity contribution is 7.14.